The van der Waals surface area contributed by atoms with E-state index in [1.54, 1.807) is 12.1 Å². The third-order valence-electron chi connectivity index (χ3n) is 2.50. The maximum Gasteiger partial charge on any atom is 0.165 e. The van der Waals surface area contributed by atoms with Gasteiger partial charge in [0.15, 0.2) is 11.6 Å². The Labute approximate surface area is 102 Å². The molecule has 1 atom stereocenters. The zero-order valence-electron chi connectivity index (χ0n) is 9.48. The van der Waals surface area contributed by atoms with Crippen LogP contribution in [0.3, 0.4) is 0 Å². The summed E-state index contributed by atoms with van der Waals surface area (Å²) in [6, 6.07) is 4.28. The van der Waals surface area contributed by atoms with E-state index in [-0.39, 0.29) is 5.75 Å². The fourth-order valence-electron chi connectivity index (χ4n) is 1.55. The topological polar surface area (TPSA) is 61.0 Å². The van der Waals surface area contributed by atoms with Crippen LogP contribution in [0, 0.1) is 12.7 Å². The molecule has 0 bridgehead atoms. The summed E-state index contributed by atoms with van der Waals surface area (Å²) in [5.74, 6) is -0.212. The van der Waals surface area contributed by atoms with Gasteiger partial charge in [-0.25, -0.2) is 4.39 Å². The average molecular weight is 253 g/mol. The first-order valence-corrected chi connectivity index (χ1v) is 5.78. The largest absolute Gasteiger partial charge is 0.494 e. The van der Waals surface area contributed by atoms with Gasteiger partial charge in [-0.2, -0.15) is 0 Å². The van der Waals surface area contributed by atoms with Crippen molar-refractivity contribution < 1.29 is 9.13 Å². The number of methoxy groups -OCH3 is 1. The first-order valence-electron chi connectivity index (χ1n) is 5.01. The van der Waals surface area contributed by atoms with E-state index in [1.807, 2.05) is 6.92 Å². The van der Waals surface area contributed by atoms with Gasteiger partial charge in [-0.1, -0.05) is 10.6 Å². The Bertz CT molecular complexity index is 529. The third kappa shape index (κ3) is 2.27. The SMILES string of the molecule is COc1ccc(C(N)c2snnc2C)cc1F. The molecular weight excluding hydrogens is 241 g/mol. The molecular formula is C11H12FN3OS. The maximum atomic E-state index is 13.5. The van der Waals surface area contributed by atoms with Crippen LogP contribution in [-0.4, -0.2) is 16.7 Å². The zero-order valence-corrected chi connectivity index (χ0v) is 10.3. The van der Waals surface area contributed by atoms with Gasteiger partial charge >= 0.3 is 0 Å². The highest BCUT2D eigenvalue weighted by atomic mass is 32.1. The first-order chi connectivity index (χ1) is 8.13. The van der Waals surface area contributed by atoms with E-state index < -0.39 is 11.9 Å². The second-order valence-corrected chi connectivity index (χ2v) is 4.38. The summed E-state index contributed by atoms with van der Waals surface area (Å²) in [5, 5.41) is 3.89. The highest BCUT2D eigenvalue weighted by Gasteiger charge is 2.16. The standard InChI is InChI=1S/C11H12FN3OS/c1-6-11(17-15-14-6)10(13)7-3-4-9(16-2)8(12)5-7/h3-5,10H,13H2,1-2H3. The second kappa shape index (κ2) is 4.77. The Hall–Kier alpha value is -1.53. The van der Waals surface area contributed by atoms with E-state index >= 15 is 0 Å². The molecule has 6 heteroatoms. The predicted molar refractivity (Wildman–Crippen MR) is 63.6 cm³/mol. The van der Waals surface area contributed by atoms with Crippen LogP contribution in [0.4, 0.5) is 4.39 Å². The van der Waals surface area contributed by atoms with Crippen LogP contribution in [0.5, 0.6) is 5.75 Å². The van der Waals surface area contributed by atoms with Crippen LogP contribution in [0.1, 0.15) is 22.2 Å². The molecule has 2 aromatic rings. The minimum Gasteiger partial charge on any atom is -0.494 e. The van der Waals surface area contributed by atoms with E-state index in [4.69, 9.17) is 10.5 Å². The van der Waals surface area contributed by atoms with Crippen LogP contribution in [-0.2, 0) is 0 Å². The van der Waals surface area contributed by atoms with Crippen molar-refractivity contribution in [3.63, 3.8) is 0 Å². The summed E-state index contributed by atoms with van der Waals surface area (Å²) in [5.41, 5.74) is 7.50. The molecule has 1 heterocycles. The fourth-order valence-corrected chi connectivity index (χ4v) is 2.22. The first kappa shape index (κ1) is 11.9. The number of aryl methyl sites for hydroxylation is 1. The molecule has 1 aromatic heterocycles. The maximum absolute atomic E-state index is 13.5. The molecule has 1 aromatic carbocycles. The molecule has 2 N–H and O–H groups in total. The molecule has 90 valence electrons. The van der Waals surface area contributed by atoms with Crippen molar-refractivity contribution in [3.8, 4) is 5.75 Å². The van der Waals surface area contributed by atoms with Gasteiger partial charge in [0, 0.05) is 0 Å². The molecule has 0 saturated carbocycles. The van der Waals surface area contributed by atoms with Crippen LogP contribution in [0.15, 0.2) is 18.2 Å². The highest BCUT2D eigenvalue weighted by Crippen LogP contribution is 2.27. The average Bonchev–Trinajstić information content (AvgIpc) is 2.74. The van der Waals surface area contributed by atoms with Crippen molar-refractivity contribution in [1.29, 1.82) is 0 Å². The number of hydrogen-bond acceptors (Lipinski definition) is 5. The number of benzene rings is 1. The van der Waals surface area contributed by atoms with Crippen molar-refractivity contribution >= 4 is 11.5 Å². The predicted octanol–water partition coefficient (Wildman–Crippen LogP) is 2.04. The number of nitrogens with two attached hydrogens (primary N) is 1. The molecule has 4 nitrogen and oxygen atoms in total. The van der Waals surface area contributed by atoms with Crippen molar-refractivity contribution in [2.45, 2.75) is 13.0 Å². The monoisotopic (exact) mass is 253 g/mol. The number of rotatable bonds is 3. The molecule has 0 radical (unpaired) electrons. The lowest BCUT2D eigenvalue weighted by Gasteiger charge is -2.11. The minimum absolute atomic E-state index is 0.208. The molecule has 0 saturated heterocycles. The Kier molecular flexibility index (Phi) is 3.35. The third-order valence-corrected chi connectivity index (χ3v) is 3.41. The number of nitrogens with zero attached hydrogens (tertiary/aromatic N) is 2. The lowest BCUT2D eigenvalue weighted by Crippen LogP contribution is -2.12. The van der Waals surface area contributed by atoms with Crippen LogP contribution in [0.25, 0.3) is 0 Å². The van der Waals surface area contributed by atoms with Gasteiger partial charge in [-0.15, -0.1) is 5.10 Å². The number of hydrogen-bond donors (Lipinski definition) is 1. The van der Waals surface area contributed by atoms with Crippen molar-refractivity contribution in [1.82, 2.24) is 9.59 Å². The summed E-state index contributed by atoms with van der Waals surface area (Å²) in [6.07, 6.45) is 0. The van der Waals surface area contributed by atoms with E-state index in [1.165, 1.54) is 24.7 Å². The van der Waals surface area contributed by atoms with E-state index in [2.05, 4.69) is 9.59 Å². The molecule has 0 amide bonds. The van der Waals surface area contributed by atoms with Crippen molar-refractivity contribution in [2.24, 2.45) is 5.73 Å². The smallest absolute Gasteiger partial charge is 0.165 e. The lowest BCUT2D eigenvalue weighted by molar-refractivity contribution is 0.386. The summed E-state index contributed by atoms with van der Waals surface area (Å²) in [6.45, 7) is 1.83. The summed E-state index contributed by atoms with van der Waals surface area (Å²) < 4.78 is 22.2. The normalized spacial score (nSPS) is 12.5. The van der Waals surface area contributed by atoms with Gasteiger partial charge in [-0.05, 0) is 36.2 Å². The van der Waals surface area contributed by atoms with Crippen LogP contribution < -0.4 is 10.5 Å². The number of halogens is 1. The Morgan fingerprint density at radius 2 is 2.24 bits per heavy atom. The summed E-state index contributed by atoms with van der Waals surface area (Å²) in [4.78, 5) is 0.842. The van der Waals surface area contributed by atoms with Crippen LogP contribution >= 0.6 is 11.5 Å². The summed E-state index contributed by atoms with van der Waals surface area (Å²) in [7, 11) is 1.43. The van der Waals surface area contributed by atoms with E-state index in [9.17, 15) is 4.39 Å². The number of ether oxygens (including phenoxy) is 1. The quantitative estimate of drug-likeness (QED) is 0.909. The van der Waals surface area contributed by atoms with Gasteiger partial charge in [0.1, 0.15) is 0 Å². The van der Waals surface area contributed by atoms with Gasteiger partial charge in [0.25, 0.3) is 0 Å². The second-order valence-electron chi connectivity index (χ2n) is 3.59. The van der Waals surface area contributed by atoms with Crippen LogP contribution in [0.2, 0.25) is 0 Å². The molecule has 0 fully saturated rings. The zero-order chi connectivity index (χ0) is 12.4. The molecule has 0 aliphatic carbocycles. The molecule has 0 aliphatic heterocycles. The molecule has 0 aliphatic rings. The summed E-state index contributed by atoms with van der Waals surface area (Å²) >= 11 is 1.23. The lowest BCUT2D eigenvalue weighted by atomic mass is 10.1. The molecule has 1 unspecified atom stereocenters. The molecule has 2 rings (SSSR count). The van der Waals surface area contributed by atoms with Gasteiger partial charge in [0.2, 0.25) is 0 Å². The Balaban J connectivity index is 2.35. The van der Waals surface area contributed by atoms with Gasteiger partial charge < -0.3 is 10.5 Å². The Morgan fingerprint density at radius 3 is 2.76 bits per heavy atom. The fraction of sp³-hybridized carbons (Fsp3) is 0.273. The van der Waals surface area contributed by atoms with E-state index in [0.717, 1.165) is 10.6 Å². The van der Waals surface area contributed by atoms with Gasteiger partial charge in [-0.3, -0.25) is 0 Å². The van der Waals surface area contributed by atoms with Crippen molar-refractivity contribution in [3.05, 3.63) is 40.2 Å². The molecule has 17 heavy (non-hydrogen) atoms. The highest BCUT2D eigenvalue weighted by molar-refractivity contribution is 7.05. The minimum atomic E-state index is -0.421. The number of aromatic nitrogens is 2. The van der Waals surface area contributed by atoms with Crippen molar-refractivity contribution in [2.75, 3.05) is 7.11 Å². The van der Waals surface area contributed by atoms with E-state index in [0.29, 0.717) is 5.56 Å². The molecule has 0 spiro atoms. The van der Waals surface area contributed by atoms with Gasteiger partial charge in [0.05, 0.1) is 23.7 Å². The Morgan fingerprint density at radius 1 is 1.47 bits per heavy atom.